The molecule has 0 aliphatic rings. The Bertz CT molecular complexity index is 449. The third kappa shape index (κ3) is 5.45. The lowest BCUT2D eigenvalue weighted by Gasteiger charge is -2.10. The van der Waals surface area contributed by atoms with E-state index in [1.54, 1.807) is 5.32 Å². The number of carbonyl (C=O) groups excluding carboxylic acids is 1. The van der Waals surface area contributed by atoms with Crippen molar-refractivity contribution in [2.75, 3.05) is 25.5 Å². The van der Waals surface area contributed by atoms with Crippen LogP contribution in [0.2, 0.25) is 0 Å². The zero-order chi connectivity index (χ0) is 14.5. The number of hydrogen-bond donors (Lipinski definition) is 2. The highest BCUT2D eigenvalue weighted by molar-refractivity contribution is 5.80. The largest absolute Gasteiger partial charge is 0.494 e. The van der Waals surface area contributed by atoms with Crippen molar-refractivity contribution in [3.8, 4) is 5.75 Å². The van der Waals surface area contributed by atoms with E-state index in [9.17, 15) is 22.4 Å². The highest BCUT2D eigenvalue weighted by Gasteiger charge is 2.27. The maximum atomic E-state index is 13.1. The average Bonchev–Trinajstić information content (AvgIpc) is 2.34. The molecule has 0 heterocycles. The molecule has 2 N–H and O–H groups in total. The zero-order valence-corrected chi connectivity index (χ0v) is 9.97. The Kier molecular flexibility index (Phi) is 4.96. The maximum Gasteiger partial charge on any atom is 0.405 e. The molecule has 0 aliphatic carbocycles. The molecule has 0 unspecified atom stereocenters. The number of ether oxygens (including phenoxy) is 1. The summed E-state index contributed by atoms with van der Waals surface area (Å²) in [5.41, 5.74) is 0.361. The molecule has 106 valence electrons. The van der Waals surface area contributed by atoms with Gasteiger partial charge in [0.25, 0.3) is 0 Å². The van der Waals surface area contributed by atoms with Crippen molar-refractivity contribution in [3.63, 3.8) is 0 Å². The summed E-state index contributed by atoms with van der Waals surface area (Å²) in [6.45, 7) is -1.74. The molecule has 0 atom stereocenters. The van der Waals surface area contributed by atoms with Crippen LogP contribution in [0.25, 0.3) is 0 Å². The van der Waals surface area contributed by atoms with E-state index in [4.69, 9.17) is 4.74 Å². The van der Waals surface area contributed by atoms with Crippen LogP contribution >= 0.6 is 0 Å². The molecule has 8 heteroatoms. The summed E-state index contributed by atoms with van der Waals surface area (Å²) in [5.74, 6) is -1.42. The van der Waals surface area contributed by atoms with Gasteiger partial charge in [-0.25, -0.2) is 4.39 Å². The average molecular weight is 280 g/mol. The van der Waals surface area contributed by atoms with Gasteiger partial charge in [0.2, 0.25) is 5.91 Å². The normalized spacial score (nSPS) is 11.0. The highest BCUT2D eigenvalue weighted by atomic mass is 19.4. The molecule has 0 aliphatic heterocycles. The second kappa shape index (κ2) is 6.26. The van der Waals surface area contributed by atoms with Crippen molar-refractivity contribution in [1.82, 2.24) is 5.32 Å². The molecule has 0 spiro atoms. The lowest BCUT2D eigenvalue weighted by molar-refractivity contribution is -0.137. The third-order valence-corrected chi connectivity index (χ3v) is 2.09. The van der Waals surface area contributed by atoms with Gasteiger partial charge >= 0.3 is 6.18 Å². The summed E-state index contributed by atoms with van der Waals surface area (Å²) in [6.07, 6.45) is -4.45. The van der Waals surface area contributed by atoms with E-state index in [0.29, 0.717) is 5.69 Å². The van der Waals surface area contributed by atoms with Gasteiger partial charge in [0.15, 0.2) is 11.6 Å². The molecule has 0 saturated heterocycles. The Hall–Kier alpha value is -1.99. The quantitative estimate of drug-likeness (QED) is 0.810. The Morgan fingerprint density at radius 1 is 1.37 bits per heavy atom. The van der Waals surface area contributed by atoms with Gasteiger partial charge in [0, 0.05) is 11.8 Å². The predicted octanol–water partition coefficient (Wildman–Crippen LogP) is 1.92. The number of alkyl halides is 3. The van der Waals surface area contributed by atoms with Gasteiger partial charge in [-0.05, 0) is 12.1 Å². The van der Waals surface area contributed by atoms with E-state index >= 15 is 0 Å². The number of anilines is 1. The van der Waals surface area contributed by atoms with Gasteiger partial charge in [0.05, 0.1) is 13.7 Å². The van der Waals surface area contributed by atoms with Gasteiger partial charge in [-0.15, -0.1) is 0 Å². The Balaban J connectivity index is 2.46. The molecule has 0 saturated carbocycles. The van der Waals surface area contributed by atoms with Crippen LogP contribution in [0.3, 0.4) is 0 Å². The molecule has 4 nitrogen and oxygen atoms in total. The number of nitrogens with one attached hydrogen (secondary N) is 2. The van der Waals surface area contributed by atoms with Crippen LogP contribution in [0.15, 0.2) is 18.2 Å². The number of halogens is 4. The molecule has 0 aromatic heterocycles. The minimum absolute atomic E-state index is 0.0271. The van der Waals surface area contributed by atoms with Crippen LogP contribution in [0.1, 0.15) is 0 Å². The van der Waals surface area contributed by atoms with Gasteiger partial charge in [-0.1, -0.05) is 0 Å². The second-order valence-electron chi connectivity index (χ2n) is 3.59. The summed E-state index contributed by atoms with van der Waals surface area (Å²) in [4.78, 5) is 11.1. The summed E-state index contributed by atoms with van der Waals surface area (Å²) in [7, 11) is 1.28. The van der Waals surface area contributed by atoms with Crippen molar-refractivity contribution in [2.45, 2.75) is 6.18 Å². The van der Waals surface area contributed by atoms with Crippen molar-refractivity contribution in [2.24, 2.45) is 0 Å². The standard InChI is InChI=1S/C11H12F4N2O2/c1-19-9-4-7(2-3-8(9)12)16-5-10(18)17-6-11(13,14)15/h2-4,16H,5-6H2,1H3,(H,17,18). The number of carbonyl (C=O) groups is 1. The van der Waals surface area contributed by atoms with Crippen molar-refractivity contribution in [3.05, 3.63) is 24.0 Å². The van der Waals surface area contributed by atoms with E-state index in [-0.39, 0.29) is 12.3 Å². The number of amides is 1. The number of benzene rings is 1. The Morgan fingerprint density at radius 3 is 2.63 bits per heavy atom. The monoisotopic (exact) mass is 280 g/mol. The first-order valence-electron chi connectivity index (χ1n) is 5.22. The smallest absolute Gasteiger partial charge is 0.405 e. The first kappa shape index (κ1) is 15.1. The van der Waals surface area contributed by atoms with E-state index in [1.807, 2.05) is 0 Å². The van der Waals surface area contributed by atoms with Gasteiger partial charge in [-0.3, -0.25) is 4.79 Å². The number of hydrogen-bond acceptors (Lipinski definition) is 3. The van der Waals surface area contributed by atoms with Crippen molar-refractivity contribution < 1.29 is 27.1 Å². The summed E-state index contributed by atoms with van der Waals surface area (Å²) < 4.78 is 53.3. The van der Waals surface area contributed by atoms with Crippen LogP contribution in [-0.4, -0.2) is 32.3 Å². The molecular formula is C11H12F4N2O2. The van der Waals surface area contributed by atoms with E-state index in [1.165, 1.54) is 19.2 Å². The van der Waals surface area contributed by atoms with E-state index in [0.717, 1.165) is 6.07 Å². The fourth-order valence-electron chi connectivity index (χ4n) is 1.21. The minimum Gasteiger partial charge on any atom is -0.494 e. The number of methoxy groups -OCH3 is 1. The molecule has 1 amide bonds. The molecule has 0 radical (unpaired) electrons. The van der Waals surface area contributed by atoms with Gasteiger partial charge in [-0.2, -0.15) is 13.2 Å². The van der Waals surface area contributed by atoms with Crippen LogP contribution in [0.4, 0.5) is 23.2 Å². The molecule has 0 fully saturated rings. The molecule has 1 aromatic carbocycles. The lowest BCUT2D eigenvalue weighted by Crippen LogP contribution is -2.37. The SMILES string of the molecule is COc1cc(NCC(=O)NCC(F)(F)F)ccc1F. The first-order chi connectivity index (χ1) is 8.81. The third-order valence-electron chi connectivity index (χ3n) is 2.09. The summed E-state index contributed by atoms with van der Waals surface area (Å²) >= 11 is 0. The van der Waals surface area contributed by atoms with E-state index < -0.39 is 24.4 Å². The lowest BCUT2D eigenvalue weighted by atomic mass is 10.3. The minimum atomic E-state index is -4.45. The molecule has 1 aromatic rings. The molecular weight excluding hydrogens is 268 g/mol. The van der Waals surface area contributed by atoms with Crippen LogP contribution in [0.5, 0.6) is 5.75 Å². The Labute approximate surface area is 106 Å². The second-order valence-corrected chi connectivity index (χ2v) is 3.59. The van der Waals surface area contributed by atoms with Crippen LogP contribution in [-0.2, 0) is 4.79 Å². The molecule has 1 rings (SSSR count). The van der Waals surface area contributed by atoms with Crippen molar-refractivity contribution >= 4 is 11.6 Å². The molecule has 0 bridgehead atoms. The summed E-state index contributed by atoms with van der Waals surface area (Å²) in [5, 5.41) is 4.26. The fourth-order valence-corrected chi connectivity index (χ4v) is 1.21. The van der Waals surface area contributed by atoms with Crippen molar-refractivity contribution in [1.29, 1.82) is 0 Å². The fraction of sp³-hybridized carbons (Fsp3) is 0.364. The maximum absolute atomic E-state index is 13.1. The van der Waals surface area contributed by atoms with Gasteiger partial charge in [0.1, 0.15) is 6.54 Å². The van der Waals surface area contributed by atoms with E-state index in [2.05, 4.69) is 5.32 Å². The zero-order valence-electron chi connectivity index (χ0n) is 9.97. The number of rotatable bonds is 5. The van der Waals surface area contributed by atoms with Crippen LogP contribution < -0.4 is 15.4 Å². The van der Waals surface area contributed by atoms with Gasteiger partial charge < -0.3 is 15.4 Å². The Morgan fingerprint density at radius 2 is 2.05 bits per heavy atom. The topological polar surface area (TPSA) is 50.4 Å². The highest BCUT2D eigenvalue weighted by Crippen LogP contribution is 2.21. The first-order valence-corrected chi connectivity index (χ1v) is 5.22. The summed E-state index contributed by atoms with van der Waals surface area (Å²) in [6, 6.07) is 3.76. The van der Waals surface area contributed by atoms with Crippen LogP contribution in [0, 0.1) is 5.82 Å². The predicted molar refractivity (Wildman–Crippen MR) is 60.5 cm³/mol. The molecule has 19 heavy (non-hydrogen) atoms.